The van der Waals surface area contributed by atoms with Gasteiger partial charge in [-0.05, 0) is 19.9 Å². The lowest BCUT2D eigenvalue weighted by atomic mass is 10.4. The maximum atomic E-state index is 9.03. The van der Waals surface area contributed by atoms with E-state index < -0.39 is 0 Å². The highest BCUT2D eigenvalue weighted by Gasteiger charge is 2.03. The van der Waals surface area contributed by atoms with Gasteiger partial charge >= 0.3 is 0 Å². The Hall–Kier alpha value is -0.960. The number of nitrogens with zero attached hydrogens (tertiary/aromatic N) is 1. The van der Waals surface area contributed by atoms with Crippen LogP contribution in [0.15, 0.2) is 12.1 Å². The molecule has 12 heavy (non-hydrogen) atoms. The molecule has 3 nitrogen and oxygen atoms in total. The third-order valence-electron chi connectivity index (χ3n) is 1.16. The third kappa shape index (κ3) is 2.27. The van der Waals surface area contributed by atoms with Crippen LogP contribution < -0.4 is 4.74 Å². The molecule has 1 N–H and O–H groups in total. The maximum absolute atomic E-state index is 9.03. The van der Waals surface area contributed by atoms with E-state index in [9.17, 15) is 0 Å². The summed E-state index contributed by atoms with van der Waals surface area (Å²) in [7, 11) is 0. The van der Waals surface area contributed by atoms with Gasteiger partial charge in [-0.15, -0.1) is 0 Å². The molecule has 0 unspecified atom stereocenters. The second-order valence-electron chi connectivity index (χ2n) is 2.63. The largest absolute Gasteiger partial charge is 0.505 e. The Morgan fingerprint density at radius 2 is 2.17 bits per heavy atom. The van der Waals surface area contributed by atoms with E-state index in [1.165, 1.54) is 6.07 Å². The summed E-state index contributed by atoms with van der Waals surface area (Å²) in [4.78, 5) is 3.81. The number of rotatable bonds is 2. The quantitative estimate of drug-likeness (QED) is 0.722. The summed E-state index contributed by atoms with van der Waals surface area (Å²) in [5.74, 6) is 0.389. The Kier molecular flexibility index (Phi) is 2.76. The molecule has 66 valence electrons. The molecule has 0 spiro atoms. The van der Waals surface area contributed by atoms with Crippen LogP contribution in [0.5, 0.6) is 11.6 Å². The molecule has 0 saturated carbocycles. The van der Waals surface area contributed by atoms with Gasteiger partial charge in [0.1, 0.15) is 0 Å². The normalized spacial score (nSPS) is 10.3. The number of ether oxygens (including phenoxy) is 1. The molecular weight excluding hydrogens is 178 g/mol. The molecule has 1 aromatic rings. The van der Waals surface area contributed by atoms with Crippen LogP contribution in [0.25, 0.3) is 0 Å². The van der Waals surface area contributed by atoms with Crippen molar-refractivity contribution < 1.29 is 9.84 Å². The number of aromatic nitrogens is 1. The zero-order valence-electron chi connectivity index (χ0n) is 6.91. The molecular formula is C8H10ClNO2. The van der Waals surface area contributed by atoms with Crippen LogP contribution in [0.1, 0.15) is 13.8 Å². The molecule has 0 amide bonds. The van der Waals surface area contributed by atoms with Gasteiger partial charge in [0.15, 0.2) is 10.9 Å². The fourth-order valence-electron chi connectivity index (χ4n) is 0.717. The van der Waals surface area contributed by atoms with Crippen LogP contribution in [-0.2, 0) is 0 Å². The van der Waals surface area contributed by atoms with E-state index in [2.05, 4.69) is 4.98 Å². The molecule has 1 aromatic heterocycles. The zero-order chi connectivity index (χ0) is 9.14. The highest BCUT2D eigenvalue weighted by Crippen LogP contribution is 2.23. The summed E-state index contributed by atoms with van der Waals surface area (Å²) in [5, 5.41) is 9.09. The molecule has 4 heteroatoms. The van der Waals surface area contributed by atoms with Crippen LogP contribution in [-0.4, -0.2) is 16.2 Å². The Labute approximate surface area is 76.0 Å². The summed E-state index contributed by atoms with van der Waals surface area (Å²) < 4.78 is 5.24. The number of hydrogen-bond acceptors (Lipinski definition) is 3. The predicted molar refractivity (Wildman–Crippen MR) is 46.7 cm³/mol. The molecule has 0 radical (unpaired) electrons. The van der Waals surface area contributed by atoms with Gasteiger partial charge in [0.25, 0.3) is 0 Å². The highest BCUT2D eigenvalue weighted by atomic mass is 35.5. The second-order valence-corrected chi connectivity index (χ2v) is 2.98. The van der Waals surface area contributed by atoms with Gasteiger partial charge in [0.05, 0.1) is 6.10 Å². The maximum Gasteiger partial charge on any atom is 0.215 e. The lowest BCUT2D eigenvalue weighted by Crippen LogP contribution is -2.06. The predicted octanol–water partition coefficient (Wildman–Crippen LogP) is 2.23. The highest BCUT2D eigenvalue weighted by molar-refractivity contribution is 6.30. The average Bonchev–Trinajstić information content (AvgIpc) is 1.96. The summed E-state index contributed by atoms with van der Waals surface area (Å²) in [6, 6.07) is 3.02. The number of aromatic hydroxyl groups is 1. The Bertz CT molecular complexity index is 276. The van der Waals surface area contributed by atoms with E-state index in [1.807, 2.05) is 13.8 Å². The number of halogens is 1. The number of pyridine rings is 1. The van der Waals surface area contributed by atoms with Crippen LogP contribution in [0.2, 0.25) is 5.15 Å². The smallest absolute Gasteiger partial charge is 0.215 e. The van der Waals surface area contributed by atoms with Gasteiger partial charge in [-0.25, -0.2) is 0 Å². The molecule has 0 saturated heterocycles. The van der Waals surface area contributed by atoms with Crippen molar-refractivity contribution in [2.75, 3.05) is 0 Å². The molecule has 0 aliphatic rings. The van der Waals surface area contributed by atoms with Crippen LogP contribution in [0, 0.1) is 0 Å². The first-order chi connectivity index (χ1) is 5.59. The average molecular weight is 188 g/mol. The zero-order valence-corrected chi connectivity index (χ0v) is 7.67. The van der Waals surface area contributed by atoms with Crippen LogP contribution in [0.4, 0.5) is 0 Å². The van der Waals surface area contributed by atoms with E-state index in [0.29, 0.717) is 5.88 Å². The van der Waals surface area contributed by atoms with Gasteiger partial charge in [0.2, 0.25) is 5.88 Å². The fourth-order valence-corrected chi connectivity index (χ4v) is 0.864. The van der Waals surface area contributed by atoms with Gasteiger partial charge in [-0.2, -0.15) is 4.98 Å². The standard InChI is InChI=1S/C8H10ClNO2/c1-5(2)12-7-4-3-6(11)8(9)10-7/h3-5,11H,1-2H3. The van der Waals surface area contributed by atoms with Gasteiger partial charge in [-0.1, -0.05) is 11.6 Å². The minimum atomic E-state index is -0.0345. The van der Waals surface area contributed by atoms with Gasteiger partial charge in [-0.3, -0.25) is 0 Å². The van der Waals surface area contributed by atoms with E-state index in [4.69, 9.17) is 21.4 Å². The van der Waals surface area contributed by atoms with E-state index in [-0.39, 0.29) is 17.0 Å². The molecule has 0 aliphatic carbocycles. The lowest BCUT2D eigenvalue weighted by Gasteiger charge is -2.08. The lowest BCUT2D eigenvalue weighted by molar-refractivity contribution is 0.232. The van der Waals surface area contributed by atoms with Crippen molar-refractivity contribution in [1.29, 1.82) is 0 Å². The summed E-state index contributed by atoms with van der Waals surface area (Å²) >= 11 is 5.56. The summed E-state index contributed by atoms with van der Waals surface area (Å²) in [5.41, 5.74) is 0. The van der Waals surface area contributed by atoms with Crippen molar-refractivity contribution in [2.45, 2.75) is 20.0 Å². The molecule has 0 atom stereocenters. The Balaban J connectivity index is 2.82. The first-order valence-electron chi connectivity index (χ1n) is 3.62. The molecule has 0 aliphatic heterocycles. The minimum absolute atomic E-state index is 0.0345. The second kappa shape index (κ2) is 3.63. The summed E-state index contributed by atoms with van der Waals surface area (Å²) in [6.45, 7) is 3.78. The van der Waals surface area contributed by atoms with Crippen LogP contribution >= 0.6 is 11.6 Å². The van der Waals surface area contributed by atoms with Gasteiger partial charge in [0, 0.05) is 6.07 Å². The van der Waals surface area contributed by atoms with Crippen molar-refractivity contribution in [1.82, 2.24) is 4.98 Å². The number of hydrogen-bond donors (Lipinski definition) is 1. The SMILES string of the molecule is CC(C)Oc1ccc(O)c(Cl)n1. The monoisotopic (exact) mass is 187 g/mol. The van der Waals surface area contributed by atoms with E-state index in [1.54, 1.807) is 6.07 Å². The Morgan fingerprint density at radius 3 is 2.67 bits per heavy atom. The Morgan fingerprint density at radius 1 is 1.50 bits per heavy atom. The van der Waals surface area contributed by atoms with Crippen molar-refractivity contribution in [2.24, 2.45) is 0 Å². The van der Waals surface area contributed by atoms with E-state index in [0.717, 1.165) is 0 Å². The van der Waals surface area contributed by atoms with E-state index >= 15 is 0 Å². The van der Waals surface area contributed by atoms with Crippen molar-refractivity contribution in [3.63, 3.8) is 0 Å². The van der Waals surface area contributed by atoms with Crippen molar-refractivity contribution in [3.8, 4) is 11.6 Å². The third-order valence-corrected chi connectivity index (χ3v) is 1.44. The van der Waals surface area contributed by atoms with Crippen molar-refractivity contribution >= 4 is 11.6 Å². The van der Waals surface area contributed by atoms with Gasteiger partial charge < -0.3 is 9.84 Å². The first kappa shape index (κ1) is 9.13. The van der Waals surface area contributed by atoms with Crippen molar-refractivity contribution in [3.05, 3.63) is 17.3 Å². The molecule has 0 fully saturated rings. The minimum Gasteiger partial charge on any atom is -0.505 e. The molecule has 1 rings (SSSR count). The van der Waals surface area contributed by atoms with Crippen LogP contribution in [0.3, 0.4) is 0 Å². The molecule has 0 aromatic carbocycles. The summed E-state index contributed by atoms with van der Waals surface area (Å²) in [6.07, 6.45) is 0.0538. The fraction of sp³-hybridized carbons (Fsp3) is 0.375. The molecule has 1 heterocycles. The topological polar surface area (TPSA) is 42.4 Å². The first-order valence-corrected chi connectivity index (χ1v) is 3.99. The molecule has 0 bridgehead atoms.